The standard InChI is InChI=1S/C56H40N4O4/c1-5-33-61-41-17-9-37(10-18-41)53-45-25-27-47(57-45)54(38-11-19-42(20-12-38)62-34-6-2)49-29-31-51(59-49)56(40-15-23-44(24-16-40)64-36-8-4)52-32-30-50(60-52)55(48-28-26-46(53)58-48)39-13-21-43(22-14-39)63-35-7-3/h1-4,9-31,52,57,60H,32-36H2. The average molecular weight is 833 g/mol. The van der Waals surface area contributed by atoms with E-state index in [1.54, 1.807) is 0 Å². The van der Waals surface area contributed by atoms with Crippen LogP contribution in [-0.2, 0) is 0 Å². The molecule has 8 bridgehead atoms. The lowest BCUT2D eigenvalue weighted by Gasteiger charge is -2.21. The monoisotopic (exact) mass is 832 g/mol. The maximum Gasteiger partial charge on any atom is 0.148 e. The molecule has 0 saturated carbocycles. The van der Waals surface area contributed by atoms with Crippen molar-refractivity contribution in [2.24, 2.45) is 9.98 Å². The fourth-order valence-corrected chi connectivity index (χ4v) is 8.12. The third kappa shape index (κ3) is 8.41. The second-order valence-corrected chi connectivity index (χ2v) is 14.9. The summed E-state index contributed by atoms with van der Waals surface area (Å²) in [5, 5.41) is 5.63. The van der Waals surface area contributed by atoms with Crippen LogP contribution in [0.5, 0.6) is 23.0 Å². The molecule has 9 rings (SSSR count). The Kier molecular flexibility index (Phi) is 11.7. The molecule has 8 nitrogen and oxygen atoms in total. The number of benzene rings is 4. The van der Waals surface area contributed by atoms with E-state index < -0.39 is 0 Å². The minimum absolute atomic E-state index is 0.156. The first-order chi connectivity index (χ1) is 31.5. The van der Waals surface area contributed by atoms with Crippen LogP contribution >= 0.6 is 0 Å². The summed E-state index contributed by atoms with van der Waals surface area (Å²) in [6.07, 6.45) is 33.2. The third-order valence-corrected chi connectivity index (χ3v) is 10.9. The Morgan fingerprint density at radius 3 is 1.30 bits per heavy atom. The Morgan fingerprint density at radius 2 is 0.859 bits per heavy atom. The minimum atomic E-state index is -0.156. The maximum atomic E-state index is 5.76. The van der Waals surface area contributed by atoms with Crippen molar-refractivity contribution in [2.45, 2.75) is 12.5 Å². The first kappa shape index (κ1) is 40.6. The van der Waals surface area contributed by atoms with E-state index in [0.29, 0.717) is 29.4 Å². The van der Waals surface area contributed by atoms with Crippen molar-refractivity contribution >= 4 is 33.7 Å². The molecule has 8 heteroatoms. The van der Waals surface area contributed by atoms with E-state index in [-0.39, 0.29) is 32.5 Å². The molecule has 308 valence electrons. The zero-order valence-electron chi connectivity index (χ0n) is 34.7. The molecule has 4 aliphatic rings. The highest BCUT2D eigenvalue weighted by atomic mass is 16.5. The van der Waals surface area contributed by atoms with Gasteiger partial charge in [-0.25, -0.2) is 9.98 Å². The summed E-state index contributed by atoms with van der Waals surface area (Å²) in [6.45, 7) is 0.698. The lowest BCUT2D eigenvalue weighted by atomic mass is 9.95. The highest BCUT2D eigenvalue weighted by Crippen LogP contribution is 2.39. The minimum Gasteiger partial charge on any atom is -0.481 e. The van der Waals surface area contributed by atoms with Crippen LogP contribution in [0.3, 0.4) is 0 Å². The molecule has 5 heterocycles. The fraction of sp³-hybridized carbons (Fsp3) is 0.107. The fourth-order valence-electron chi connectivity index (χ4n) is 8.12. The van der Waals surface area contributed by atoms with Crippen LogP contribution in [0.1, 0.15) is 28.7 Å². The van der Waals surface area contributed by atoms with E-state index in [4.69, 9.17) is 54.6 Å². The van der Waals surface area contributed by atoms with Crippen molar-refractivity contribution in [2.75, 3.05) is 26.4 Å². The topological polar surface area (TPSA) is 89.5 Å². The van der Waals surface area contributed by atoms with Crippen LogP contribution in [0, 0.1) is 49.4 Å². The predicted molar refractivity (Wildman–Crippen MR) is 255 cm³/mol. The van der Waals surface area contributed by atoms with Gasteiger partial charge < -0.3 is 29.2 Å². The van der Waals surface area contributed by atoms with Gasteiger partial charge in [-0.3, -0.25) is 0 Å². The molecular weight excluding hydrogens is 793 g/mol. The molecule has 64 heavy (non-hydrogen) atoms. The molecule has 5 aromatic rings. The number of rotatable bonds is 12. The van der Waals surface area contributed by atoms with Gasteiger partial charge in [-0.1, -0.05) is 78.3 Å². The molecule has 4 aliphatic heterocycles. The molecule has 1 unspecified atom stereocenters. The van der Waals surface area contributed by atoms with E-state index in [9.17, 15) is 0 Å². The molecule has 0 saturated heterocycles. The number of ether oxygens (including phenoxy) is 4. The first-order valence-corrected chi connectivity index (χ1v) is 20.6. The highest BCUT2D eigenvalue weighted by Gasteiger charge is 2.30. The van der Waals surface area contributed by atoms with Gasteiger partial charge in [0.2, 0.25) is 0 Å². The molecule has 0 fully saturated rings. The van der Waals surface area contributed by atoms with Crippen LogP contribution in [0.15, 0.2) is 167 Å². The van der Waals surface area contributed by atoms with Crippen LogP contribution in [0.4, 0.5) is 0 Å². The molecular formula is C56H40N4O4. The number of terminal acetylenes is 4. The van der Waals surface area contributed by atoms with Crippen LogP contribution in [-0.4, -0.2) is 48.9 Å². The Balaban J connectivity index is 1.30. The average Bonchev–Trinajstić information content (AvgIpc) is 4.19. The molecule has 0 amide bonds. The molecule has 0 aliphatic carbocycles. The first-order valence-electron chi connectivity index (χ1n) is 20.6. The van der Waals surface area contributed by atoms with Gasteiger partial charge in [0, 0.05) is 38.7 Å². The smallest absolute Gasteiger partial charge is 0.148 e. The lowest BCUT2D eigenvalue weighted by Crippen LogP contribution is -2.26. The Hall–Kier alpha value is -8.82. The van der Waals surface area contributed by atoms with Gasteiger partial charge >= 0.3 is 0 Å². The largest absolute Gasteiger partial charge is 0.481 e. The predicted octanol–water partition coefficient (Wildman–Crippen LogP) is 7.56. The number of aromatic amines is 1. The normalized spacial score (nSPS) is 15.9. The number of fused-ring (bicyclic) bond motifs is 6. The van der Waals surface area contributed by atoms with Gasteiger partial charge in [0.05, 0.1) is 28.9 Å². The summed E-state index contributed by atoms with van der Waals surface area (Å²) in [5.41, 5.74) is 11.7. The molecule has 4 aromatic carbocycles. The van der Waals surface area contributed by atoms with Crippen molar-refractivity contribution in [3.05, 3.63) is 190 Å². The second kappa shape index (κ2) is 18.4. The van der Waals surface area contributed by atoms with E-state index in [2.05, 4.69) is 88.6 Å². The molecule has 1 aromatic heterocycles. The summed E-state index contributed by atoms with van der Waals surface area (Å²) in [4.78, 5) is 14.6. The quantitative estimate of drug-likeness (QED) is 0.127. The summed E-state index contributed by atoms with van der Waals surface area (Å²) >= 11 is 0. The van der Waals surface area contributed by atoms with Crippen molar-refractivity contribution in [1.29, 1.82) is 0 Å². The summed E-state index contributed by atoms with van der Waals surface area (Å²) in [5.74, 6) is 12.9. The number of hydrogen-bond donors (Lipinski definition) is 2. The van der Waals surface area contributed by atoms with Gasteiger partial charge in [-0.15, -0.1) is 25.7 Å². The van der Waals surface area contributed by atoms with Crippen LogP contribution in [0.2, 0.25) is 0 Å². The molecule has 2 N–H and O–H groups in total. The van der Waals surface area contributed by atoms with E-state index >= 15 is 0 Å². The number of hydrogen-bond acceptors (Lipinski definition) is 7. The van der Waals surface area contributed by atoms with Crippen LogP contribution < -0.4 is 35.0 Å². The number of nitrogens with zero attached hydrogens (tertiary/aromatic N) is 2. The number of H-pyrrole nitrogens is 1. The van der Waals surface area contributed by atoms with E-state index in [1.807, 2.05) is 84.9 Å². The Bertz CT molecular complexity index is 3160. The highest BCUT2D eigenvalue weighted by molar-refractivity contribution is 6.31. The van der Waals surface area contributed by atoms with Crippen molar-refractivity contribution in [3.8, 4) is 72.4 Å². The summed E-state index contributed by atoms with van der Waals surface area (Å²) < 4.78 is 23.0. The van der Waals surface area contributed by atoms with Crippen molar-refractivity contribution in [1.82, 2.24) is 10.3 Å². The number of nitrogens with one attached hydrogen (secondary N) is 2. The van der Waals surface area contributed by atoms with Gasteiger partial charge in [-0.05, 0) is 114 Å². The van der Waals surface area contributed by atoms with Gasteiger partial charge in [0.15, 0.2) is 0 Å². The van der Waals surface area contributed by atoms with Crippen molar-refractivity contribution < 1.29 is 18.9 Å². The molecule has 0 spiro atoms. The molecule has 1 atom stereocenters. The maximum absolute atomic E-state index is 5.76. The number of aliphatic imine (C=N–C) groups is 2. The number of allylic oxidation sites excluding steroid dienone is 5. The molecule has 0 radical (unpaired) electrons. The van der Waals surface area contributed by atoms with Crippen LogP contribution in [0.25, 0.3) is 22.3 Å². The summed E-state index contributed by atoms with van der Waals surface area (Å²) in [6, 6.07) is 35.7. The zero-order chi connectivity index (χ0) is 43.8. The lowest BCUT2D eigenvalue weighted by molar-refractivity contribution is 0.370. The number of aromatic nitrogens is 1. The van der Waals surface area contributed by atoms with Gasteiger partial charge in [-0.2, -0.15) is 0 Å². The van der Waals surface area contributed by atoms with E-state index in [1.165, 1.54) is 0 Å². The van der Waals surface area contributed by atoms with Gasteiger partial charge in [0.25, 0.3) is 0 Å². The Labute approximate surface area is 372 Å². The summed E-state index contributed by atoms with van der Waals surface area (Å²) in [7, 11) is 0. The second-order valence-electron chi connectivity index (χ2n) is 14.9. The van der Waals surface area contributed by atoms with Crippen molar-refractivity contribution in [3.63, 3.8) is 0 Å². The Morgan fingerprint density at radius 1 is 0.469 bits per heavy atom. The SMILES string of the molecule is C#CCOc1ccc(C2=C3C=CC(=N3)C(c3ccc(OCC#C)cc3)=c3ccc([nH]3)=C(c3ccc(OCC#C)cc3)C3=NC(=C(c4ccc(OCC#C)cc4)C4CC=C2N4)C=C3)cc1. The van der Waals surface area contributed by atoms with Gasteiger partial charge in [0.1, 0.15) is 49.4 Å². The zero-order valence-corrected chi connectivity index (χ0v) is 34.7. The third-order valence-electron chi connectivity index (χ3n) is 10.9. The van der Waals surface area contributed by atoms with E-state index in [0.717, 1.165) is 83.8 Å².